The molecule has 1 aliphatic rings. The highest BCUT2D eigenvalue weighted by Gasteiger charge is 2.28. The first-order valence-electron chi connectivity index (χ1n) is 8.16. The van der Waals surface area contributed by atoms with Gasteiger partial charge in [-0.05, 0) is 29.9 Å². The molecule has 1 heterocycles. The van der Waals surface area contributed by atoms with E-state index in [4.69, 9.17) is 0 Å². The van der Waals surface area contributed by atoms with Gasteiger partial charge in [-0.1, -0.05) is 45.0 Å². The Morgan fingerprint density at radius 3 is 2.55 bits per heavy atom. The molecule has 0 spiro atoms. The molecule has 1 aliphatic heterocycles. The van der Waals surface area contributed by atoms with Gasteiger partial charge in [0.25, 0.3) is 0 Å². The monoisotopic (exact) mass is 302 g/mol. The third-order valence-electron chi connectivity index (χ3n) is 4.10. The van der Waals surface area contributed by atoms with Gasteiger partial charge >= 0.3 is 0 Å². The first-order chi connectivity index (χ1) is 10.5. The summed E-state index contributed by atoms with van der Waals surface area (Å²) >= 11 is 0. The summed E-state index contributed by atoms with van der Waals surface area (Å²) in [5, 5.41) is 2.89. The van der Waals surface area contributed by atoms with E-state index in [0.717, 1.165) is 13.0 Å². The number of hydrogen-bond acceptors (Lipinski definition) is 2. The number of benzene rings is 1. The molecule has 0 unspecified atom stereocenters. The van der Waals surface area contributed by atoms with Gasteiger partial charge in [-0.25, -0.2) is 0 Å². The van der Waals surface area contributed by atoms with E-state index < -0.39 is 6.04 Å². The normalized spacial score (nSPS) is 15.4. The number of nitrogens with one attached hydrogen (secondary N) is 1. The number of rotatable bonds is 5. The van der Waals surface area contributed by atoms with E-state index in [1.807, 2.05) is 24.0 Å². The Labute approximate surface area is 132 Å². The van der Waals surface area contributed by atoms with Crippen LogP contribution in [0.3, 0.4) is 0 Å². The summed E-state index contributed by atoms with van der Waals surface area (Å²) in [5.41, 5.74) is 2.54. The number of fused-ring (bicyclic) bond motifs is 1. The Bertz CT molecular complexity index is 540. The number of carbonyl (C=O) groups is 2. The standard InChI is InChI=1S/C18H26N2O2/c1-4-17(21)19-16(11-13(2)3)18(22)20-10-9-14-7-5-6-8-15(14)12-20/h5-8,13,16H,4,9-12H2,1-3H3,(H,19,21)/t16-/m0/s1. The average Bonchev–Trinajstić information content (AvgIpc) is 2.52. The molecule has 0 fully saturated rings. The first-order valence-corrected chi connectivity index (χ1v) is 8.16. The number of nitrogens with zero attached hydrogens (tertiary/aromatic N) is 1. The fourth-order valence-corrected chi connectivity index (χ4v) is 2.89. The van der Waals surface area contributed by atoms with Crippen LogP contribution in [0.25, 0.3) is 0 Å². The van der Waals surface area contributed by atoms with E-state index in [1.54, 1.807) is 0 Å². The predicted molar refractivity (Wildman–Crippen MR) is 87.2 cm³/mol. The zero-order chi connectivity index (χ0) is 16.1. The van der Waals surface area contributed by atoms with Crippen molar-refractivity contribution in [3.05, 3.63) is 35.4 Å². The van der Waals surface area contributed by atoms with E-state index in [9.17, 15) is 9.59 Å². The van der Waals surface area contributed by atoms with E-state index >= 15 is 0 Å². The highest BCUT2D eigenvalue weighted by Crippen LogP contribution is 2.20. The van der Waals surface area contributed by atoms with Gasteiger partial charge < -0.3 is 10.2 Å². The minimum absolute atomic E-state index is 0.0463. The summed E-state index contributed by atoms with van der Waals surface area (Å²) in [6, 6.07) is 7.85. The van der Waals surface area contributed by atoms with Gasteiger partial charge in [-0.3, -0.25) is 9.59 Å². The topological polar surface area (TPSA) is 49.4 Å². The number of carbonyl (C=O) groups excluding carboxylic acids is 2. The molecule has 0 bridgehead atoms. The molecule has 4 nitrogen and oxygen atoms in total. The van der Waals surface area contributed by atoms with E-state index in [2.05, 4.69) is 31.3 Å². The van der Waals surface area contributed by atoms with Crippen LogP contribution in [0.4, 0.5) is 0 Å². The minimum atomic E-state index is -0.405. The van der Waals surface area contributed by atoms with Crippen molar-refractivity contribution in [2.24, 2.45) is 5.92 Å². The molecule has 0 radical (unpaired) electrons. The molecular formula is C18H26N2O2. The minimum Gasteiger partial charge on any atom is -0.344 e. The maximum atomic E-state index is 12.8. The van der Waals surface area contributed by atoms with Crippen molar-refractivity contribution in [1.29, 1.82) is 0 Å². The van der Waals surface area contributed by atoms with Crippen LogP contribution in [0.15, 0.2) is 24.3 Å². The fourth-order valence-electron chi connectivity index (χ4n) is 2.89. The largest absolute Gasteiger partial charge is 0.344 e. The Morgan fingerprint density at radius 1 is 1.23 bits per heavy atom. The first kappa shape index (κ1) is 16.5. The zero-order valence-corrected chi connectivity index (χ0v) is 13.8. The Hall–Kier alpha value is -1.84. The van der Waals surface area contributed by atoms with E-state index in [-0.39, 0.29) is 11.8 Å². The summed E-state index contributed by atoms with van der Waals surface area (Å²) < 4.78 is 0. The molecule has 0 saturated carbocycles. The summed E-state index contributed by atoms with van der Waals surface area (Å²) in [4.78, 5) is 26.4. The molecule has 4 heteroatoms. The zero-order valence-electron chi connectivity index (χ0n) is 13.8. The van der Waals surface area contributed by atoms with Gasteiger partial charge in [0, 0.05) is 19.5 Å². The lowest BCUT2D eigenvalue weighted by Crippen LogP contribution is -2.50. The number of amides is 2. The second kappa shape index (κ2) is 7.43. The van der Waals surface area contributed by atoms with Crippen LogP contribution in [0.2, 0.25) is 0 Å². The lowest BCUT2D eigenvalue weighted by molar-refractivity contribution is -0.137. The molecule has 1 aromatic rings. The van der Waals surface area contributed by atoms with Crippen LogP contribution >= 0.6 is 0 Å². The Morgan fingerprint density at radius 2 is 1.91 bits per heavy atom. The Balaban J connectivity index is 2.08. The second-order valence-electron chi connectivity index (χ2n) is 6.38. The van der Waals surface area contributed by atoms with Gasteiger partial charge in [-0.2, -0.15) is 0 Å². The van der Waals surface area contributed by atoms with Crippen LogP contribution in [-0.4, -0.2) is 29.3 Å². The molecule has 0 aliphatic carbocycles. The van der Waals surface area contributed by atoms with Crippen molar-refractivity contribution in [3.8, 4) is 0 Å². The van der Waals surface area contributed by atoms with Gasteiger partial charge in [0.05, 0.1) is 0 Å². The van der Waals surface area contributed by atoms with Crippen LogP contribution < -0.4 is 5.32 Å². The van der Waals surface area contributed by atoms with Crippen LogP contribution in [0, 0.1) is 5.92 Å². The summed E-state index contributed by atoms with van der Waals surface area (Å²) in [7, 11) is 0. The fraction of sp³-hybridized carbons (Fsp3) is 0.556. The molecule has 2 rings (SSSR count). The molecule has 0 aromatic heterocycles. The van der Waals surface area contributed by atoms with Crippen molar-refractivity contribution in [2.45, 2.75) is 52.6 Å². The third-order valence-corrected chi connectivity index (χ3v) is 4.10. The molecule has 1 atom stereocenters. The molecule has 22 heavy (non-hydrogen) atoms. The van der Waals surface area contributed by atoms with Crippen molar-refractivity contribution in [2.75, 3.05) is 6.54 Å². The maximum Gasteiger partial charge on any atom is 0.245 e. The van der Waals surface area contributed by atoms with Gasteiger partial charge in [0.1, 0.15) is 6.04 Å². The quantitative estimate of drug-likeness (QED) is 0.908. The van der Waals surface area contributed by atoms with Crippen LogP contribution in [0.5, 0.6) is 0 Å². The van der Waals surface area contributed by atoms with Gasteiger partial charge in [-0.15, -0.1) is 0 Å². The second-order valence-corrected chi connectivity index (χ2v) is 6.38. The summed E-state index contributed by atoms with van der Waals surface area (Å²) in [6.45, 7) is 7.33. The SMILES string of the molecule is CCC(=O)N[C@@H](CC(C)C)C(=O)N1CCc2ccccc2C1. The van der Waals surface area contributed by atoms with Crippen LogP contribution in [0.1, 0.15) is 44.7 Å². The summed E-state index contributed by atoms with van der Waals surface area (Å²) in [6.07, 6.45) is 1.98. The molecule has 2 amide bonds. The van der Waals surface area contributed by atoms with E-state index in [1.165, 1.54) is 11.1 Å². The molecule has 1 N–H and O–H groups in total. The van der Waals surface area contributed by atoms with E-state index in [0.29, 0.717) is 25.3 Å². The van der Waals surface area contributed by atoms with Gasteiger partial charge in [0.2, 0.25) is 11.8 Å². The Kier molecular flexibility index (Phi) is 5.58. The maximum absolute atomic E-state index is 12.8. The lowest BCUT2D eigenvalue weighted by Gasteiger charge is -2.32. The third kappa shape index (κ3) is 4.09. The summed E-state index contributed by atoms with van der Waals surface area (Å²) in [5.74, 6) is 0.351. The van der Waals surface area contributed by atoms with Crippen molar-refractivity contribution < 1.29 is 9.59 Å². The smallest absolute Gasteiger partial charge is 0.245 e. The lowest BCUT2D eigenvalue weighted by atomic mass is 9.97. The highest BCUT2D eigenvalue weighted by atomic mass is 16.2. The molecular weight excluding hydrogens is 276 g/mol. The van der Waals surface area contributed by atoms with Crippen LogP contribution in [-0.2, 0) is 22.6 Å². The average molecular weight is 302 g/mol. The van der Waals surface area contributed by atoms with Crippen molar-refractivity contribution >= 4 is 11.8 Å². The van der Waals surface area contributed by atoms with Gasteiger partial charge in [0.15, 0.2) is 0 Å². The number of hydrogen-bond donors (Lipinski definition) is 1. The van der Waals surface area contributed by atoms with Crippen molar-refractivity contribution in [1.82, 2.24) is 10.2 Å². The predicted octanol–water partition coefficient (Wildman–Crippen LogP) is 2.51. The molecule has 0 saturated heterocycles. The molecule has 120 valence electrons. The van der Waals surface area contributed by atoms with Crippen molar-refractivity contribution in [3.63, 3.8) is 0 Å². The molecule has 1 aromatic carbocycles. The highest BCUT2D eigenvalue weighted by molar-refractivity contribution is 5.87.